The topological polar surface area (TPSA) is 85.9 Å². The zero-order chi connectivity index (χ0) is 22.9. The number of aryl methyl sites for hydroxylation is 1. The lowest BCUT2D eigenvalue weighted by Gasteiger charge is -2.39. The van der Waals surface area contributed by atoms with Crippen LogP contribution in [0.5, 0.6) is 0 Å². The number of amides is 1. The second-order valence-electron chi connectivity index (χ2n) is 9.32. The smallest absolute Gasteiger partial charge is 0.255 e. The van der Waals surface area contributed by atoms with Gasteiger partial charge in [0.1, 0.15) is 6.61 Å². The van der Waals surface area contributed by atoms with Crippen molar-refractivity contribution in [3.8, 4) is 0 Å². The molecule has 0 aromatic carbocycles. The number of rotatable bonds is 7. The Balaban J connectivity index is 1.40. The molecule has 2 aliphatic heterocycles. The fourth-order valence-corrected chi connectivity index (χ4v) is 5.39. The molecule has 1 spiro atoms. The lowest BCUT2D eigenvalue weighted by molar-refractivity contribution is 0.0592. The zero-order valence-corrected chi connectivity index (χ0v) is 19.9. The van der Waals surface area contributed by atoms with E-state index in [9.17, 15) is 4.79 Å². The molecular formula is C23H35N5O4. The fourth-order valence-electron chi connectivity index (χ4n) is 5.39. The van der Waals surface area contributed by atoms with E-state index in [1.54, 1.807) is 14.2 Å². The van der Waals surface area contributed by atoms with Crippen molar-refractivity contribution < 1.29 is 18.7 Å². The van der Waals surface area contributed by atoms with Crippen LogP contribution in [-0.4, -0.2) is 78.0 Å². The monoisotopic (exact) mass is 445 g/mol. The van der Waals surface area contributed by atoms with Crippen molar-refractivity contribution >= 4 is 5.91 Å². The molecule has 2 aliphatic rings. The minimum atomic E-state index is 0.120. The SMILES string of the molecule is COCCn1c(C)cc(C(=O)N2CCC3(CC2)CC(c2nnc(COC)o2)N(C)C3)c1C. The third kappa shape index (κ3) is 4.33. The normalized spacial score (nSPS) is 21.0. The van der Waals surface area contributed by atoms with Gasteiger partial charge < -0.3 is 23.4 Å². The molecule has 0 N–H and O–H groups in total. The first-order valence-corrected chi connectivity index (χ1v) is 11.3. The summed E-state index contributed by atoms with van der Waals surface area (Å²) in [6, 6.07) is 2.14. The molecule has 4 rings (SSSR count). The number of carbonyl (C=O) groups excluding carboxylic acids is 1. The first-order chi connectivity index (χ1) is 15.4. The Kier molecular flexibility index (Phi) is 6.69. The molecule has 2 fully saturated rings. The molecule has 32 heavy (non-hydrogen) atoms. The van der Waals surface area contributed by atoms with Gasteiger partial charge in [0, 0.05) is 51.8 Å². The summed E-state index contributed by atoms with van der Waals surface area (Å²) >= 11 is 0. The number of nitrogens with zero attached hydrogens (tertiary/aromatic N) is 5. The second-order valence-corrected chi connectivity index (χ2v) is 9.32. The summed E-state index contributed by atoms with van der Waals surface area (Å²) in [7, 11) is 5.44. The lowest BCUT2D eigenvalue weighted by Crippen LogP contribution is -2.44. The van der Waals surface area contributed by atoms with E-state index in [1.165, 1.54) is 0 Å². The number of piperidine rings is 1. The van der Waals surface area contributed by atoms with Crippen LogP contribution >= 0.6 is 0 Å². The van der Waals surface area contributed by atoms with Crippen LogP contribution in [0.15, 0.2) is 10.5 Å². The summed E-state index contributed by atoms with van der Waals surface area (Å²) in [6.45, 7) is 8.34. The first-order valence-electron chi connectivity index (χ1n) is 11.3. The Morgan fingerprint density at radius 3 is 2.66 bits per heavy atom. The number of methoxy groups -OCH3 is 2. The molecule has 0 bridgehead atoms. The quantitative estimate of drug-likeness (QED) is 0.647. The molecule has 0 aliphatic carbocycles. The van der Waals surface area contributed by atoms with E-state index in [4.69, 9.17) is 13.9 Å². The Morgan fingerprint density at radius 1 is 1.22 bits per heavy atom. The molecule has 9 nitrogen and oxygen atoms in total. The number of hydrogen-bond donors (Lipinski definition) is 0. The van der Waals surface area contributed by atoms with Crippen molar-refractivity contribution in [3.63, 3.8) is 0 Å². The highest BCUT2D eigenvalue weighted by atomic mass is 16.5. The molecule has 1 unspecified atom stereocenters. The van der Waals surface area contributed by atoms with Gasteiger partial charge >= 0.3 is 0 Å². The Morgan fingerprint density at radius 2 is 1.97 bits per heavy atom. The van der Waals surface area contributed by atoms with E-state index in [0.29, 0.717) is 25.0 Å². The average Bonchev–Trinajstić information content (AvgIpc) is 3.44. The minimum absolute atomic E-state index is 0.120. The predicted molar refractivity (Wildman–Crippen MR) is 118 cm³/mol. The number of likely N-dealkylation sites (tertiary alicyclic amines) is 2. The van der Waals surface area contributed by atoms with Gasteiger partial charge in [0.25, 0.3) is 5.91 Å². The van der Waals surface area contributed by atoms with Crippen molar-refractivity contribution in [1.29, 1.82) is 0 Å². The van der Waals surface area contributed by atoms with Crippen LogP contribution in [-0.2, 0) is 22.6 Å². The molecule has 2 saturated heterocycles. The number of hydrogen-bond acceptors (Lipinski definition) is 7. The molecular weight excluding hydrogens is 410 g/mol. The van der Waals surface area contributed by atoms with E-state index in [1.807, 2.05) is 17.9 Å². The predicted octanol–water partition coefficient (Wildman–Crippen LogP) is 2.58. The summed E-state index contributed by atoms with van der Waals surface area (Å²) in [5.41, 5.74) is 3.12. The van der Waals surface area contributed by atoms with Crippen LogP contribution in [0.1, 0.15) is 58.8 Å². The van der Waals surface area contributed by atoms with E-state index >= 15 is 0 Å². The van der Waals surface area contributed by atoms with E-state index in [-0.39, 0.29) is 17.4 Å². The van der Waals surface area contributed by atoms with Crippen molar-refractivity contribution in [2.45, 2.75) is 52.3 Å². The third-order valence-corrected chi connectivity index (χ3v) is 7.21. The average molecular weight is 446 g/mol. The van der Waals surface area contributed by atoms with Gasteiger partial charge in [0.05, 0.1) is 18.2 Å². The highest BCUT2D eigenvalue weighted by molar-refractivity contribution is 5.95. The first kappa shape index (κ1) is 22.9. The molecule has 1 atom stereocenters. The molecule has 2 aromatic heterocycles. The molecule has 176 valence electrons. The largest absolute Gasteiger partial charge is 0.421 e. The number of aromatic nitrogens is 3. The highest BCUT2D eigenvalue weighted by Gasteiger charge is 2.47. The van der Waals surface area contributed by atoms with Gasteiger partial charge in [-0.2, -0.15) is 0 Å². The van der Waals surface area contributed by atoms with Gasteiger partial charge in [-0.1, -0.05) is 0 Å². The standard InChI is InChI=1S/C23H35N5O4/c1-16-12-18(17(2)28(16)10-11-30-4)22(29)27-8-6-23(7-9-27)13-19(26(3)15-23)21-25-24-20(32-21)14-31-5/h12,19H,6-11,13-15H2,1-5H3. The maximum atomic E-state index is 13.3. The van der Waals surface area contributed by atoms with Crippen LogP contribution < -0.4 is 0 Å². The molecule has 0 radical (unpaired) electrons. The zero-order valence-electron chi connectivity index (χ0n) is 19.9. The van der Waals surface area contributed by atoms with Crippen LogP contribution in [0.25, 0.3) is 0 Å². The van der Waals surface area contributed by atoms with Gasteiger partial charge in [-0.3, -0.25) is 9.69 Å². The number of carbonyl (C=O) groups is 1. The summed E-state index contributed by atoms with van der Waals surface area (Å²) in [5, 5.41) is 8.35. The fraction of sp³-hybridized carbons (Fsp3) is 0.696. The summed E-state index contributed by atoms with van der Waals surface area (Å²) in [4.78, 5) is 17.6. The van der Waals surface area contributed by atoms with E-state index in [0.717, 1.165) is 62.4 Å². The molecule has 0 saturated carbocycles. The summed E-state index contributed by atoms with van der Waals surface area (Å²) in [6.07, 6.45) is 2.95. The lowest BCUT2D eigenvalue weighted by atomic mass is 9.76. The van der Waals surface area contributed by atoms with Crippen LogP contribution in [0.3, 0.4) is 0 Å². The third-order valence-electron chi connectivity index (χ3n) is 7.21. The molecule has 1 amide bonds. The van der Waals surface area contributed by atoms with E-state index < -0.39 is 0 Å². The Labute approximate surface area is 189 Å². The number of ether oxygens (including phenoxy) is 2. The maximum absolute atomic E-state index is 13.3. The molecule has 2 aromatic rings. The molecule has 4 heterocycles. The van der Waals surface area contributed by atoms with Crippen LogP contribution in [0, 0.1) is 19.3 Å². The van der Waals surface area contributed by atoms with Crippen LogP contribution in [0.4, 0.5) is 0 Å². The van der Waals surface area contributed by atoms with Crippen molar-refractivity contribution in [1.82, 2.24) is 24.6 Å². The Hall–Kier alpha value is -2.23. The second kappa shape index (κ2) is 9.33. The van der Waals surface area contributed by atoms with Gasteiger partial charge in [-0.15, -0.1) is 10.2 Å². The maximum Gasteiger partial charge on any atom is 0.255 e. The van der Waals surface area contributed by atoms with Gasteiger partial charge in [-0.25, -0.2) is 0 Å². The van der Waals surface area contributed by atoms with Crippen molar-refractivity contribution in [2.75, 3.05) is 47.5 Å². The van der Waals surface area contributed by atoms with Gasteiger partial charge in [-0.05, 0) is 51.6 Å². The van der Waals surface area contributed by atoms with Gasteiger partial charge in [0.2, 0.25) is 11.8 Å². The Bertz CT molecular complexity index is 944. The van der Waals surface area contributed by atoms with Gasteiger partial charge in [0.15, 0.2) is 0 Å². The van der Waals surface area contributed by atoms with Crippen LogP contribution in [0.2, 0.25) is 0 Å². The minimum Gasteiger partial charge on any atom is -0.421 e. The summed E-state index contributed by atoms with van der Waals surface area (Å²) < 4.78 is 18.3. The van der Waals surface area contributed by atoms with Crippen molar-refractivity contribution in [3.05, 3.63) is 34.8 Å². The molecule has 9 heteroatoms. The summed E-state index contributed by atoms with van der Waals surface area (Å²) in [5.74, 6) is 1.32. The van der Waals surface area contributed by atoms with Crippen molar-refractivity contribution in [2.24, 2.45) is 5.41 Å². The highest BCUT2D eigenvalue weighted by Crippen LogP contribution is 2.48. The van der Waals surface area contributed by atoms with E-state index in [2.05, 4.69) is 33.6 Å².